The summed E-state index contributed by atoms with van der Waals surface area (Å²) in [5.74, 6) is -0.0304. The first-order valence-corrected chi connectivity index (χ1v) is 31.9. The molecular weight excluding hydrogens is 863 g/mol. The van der Waals surface area contributed by atoms with Gasteiger partial charge < -0.3 is 20.3 Å². The highest BCUT2D eigenvalue weighted by Gasteiger charge is 2.20. The Balaban J connectivity index is 3.39. The van der Waals surface area contributed by atoms with Crippen LogP contribution in [-0.2, 0) is 14.3 Å². The van der Waals surface area contributed by atoms with E-state index in [1.165, 1.54) is 283 Å². The van der Waals surface area contributed by atoms with Crippen molar-refractivity contribution >= 4 is 11.9 Å². The van der Waals surface area contributed by atoms with Crippen LogP contribution in [-0.4, -0.2) is 47.4 Å². The molecule has 0 aliphatic heterocycles. The minimum absolute atomic E-state index is 0.00507. The fraction of sp³-hybridized carbons (Fsp3) is 0.938. The van der Waals surface area contributed by atoms with Gasteiger partial charge in [-0.3, -0.25) is 9.59 Å². The average molecular weight is 989 g/mol. The zero-order valence-electron chi connectivity index (χ0n) is 47.5. The van der Waals surface area contributed by atoms with Gasteiger partial charge in [0.2, 0.25) is 5.91 Å². The summed E-state index contributed by atoms with van der Waals surface area (Å²) in [5, 5.41) is 23.3. The Kier molecular flexibility index (Phi) is 59.0. The minimum atomic E-state index is -0.667. The highest BCUT2D eigenvalue weighted by atomic mass is 16.5. The van der Waals surface area contributed by atoms with Gasteiger partial charge in [0.25, 0.3) is 0 Å². The van der Waals surface area contributed by atoms with Crippen molar-refractivity contribution in [3.05, 3.63) is 12.2 Å². The van der Waals surface area contributed by atoms with Gasteiger partial charge in [0.15, 0.2) is 0 Å². The van der Waals surface area contributed by atoms with Gasteiger partial charge in [0.1, 0.15) is 0 Å². The molecule has 2 atom stereocenters. The summed E-state index contributed by atoms with van der Waals surface area (Å²) in [7, 11) is 0. The summed E-state index contributed by atoms with van der Waals surface area (Å²) in [6.07, 6.45) is 72.2. The van der Waals surface area contributed by atoms with Crippen LogP contribution in [0.1, 0.15) is 361 Å². The molecule has 6 nitrogen and oxygen atoms in total. The highest BCUT2D eigenvalue weighted by molar-refractivity contribution is 5.76. The van der Waals surface area contributed by atoms with Crippen LogP contribution >= 0.6 is 0 Å². The van der Waals surface area contributed by atoms with Crippen LogP contribution in [0.25, 0.3) is 0 Å². The van der Waals surface area contributed by atoms with Crippen LogP contribution in [0.2, 0.25) is 0 Å². The zero-order valence-corrected chi connectivity index (χ0v) is 47.5. The van der Waals surface area contributed by atoms with Gasteiger partial charge in [-0.25, -0.2) is 0 Å². The number of hydrogen-bond donors (Lipinski definition) is 3. The number of aliphatic hydroxyl groups is 2. The van der Waals surface area contributed by atoms with Gasteiger partial charge >= 0.3 is 5.97 Å². The van der Waals surface area contributed by atoms with Gasteiger partial charge in [-0.1, -0.05) is 309 Å². The number of carbonyl (C=O) groups excluding carboxylic acids is 2. The molecular formula is C64H125NO5. The smallest absolute Gasteiger partial charge is 0.305 e. The van der Waals surface area contributed by atoms with E-state index in [4.69, 9.17) is 4.74 Å². The van der Waals surface area contributed by atoms with Crippen molar-refractivity contribution in [2.45, 2.75) is 373 Å². The molecule has 70 heavy (non-hydrogen) atoms. The topological polar surface area (TPSA) is 95.9 Å². The molecule has 0 radical (unpaired) electrons. The number of nitrogens with one attached hydrogen (secondary N) is 1. The van der Waals surface area contributed by atoms with E-state index in [1.54, 1.807) is 0 Å². The molecule has 0 fully saturated rings. The number of rotatable bonds is 60. The molecule has 0 rings (SSSR count). The molecule has 0 aromatic rings. The first-order chi connectivity index (χ1) is 34.5. The van der Waals surface area contributed by atoms with Gasteiger partial charge in [0.05, 0.1) is 25.4 Å². The highest BCUT2D eigenvalue weighted by Crippen LogP contribution is 2.18. The molecule has 0 heterocycles. The average Bonchev–Trinajstić information content (AvgIpc) is 3.36. The Labute approximate surface area is 438 Å². The zero-order chi connectivity index (χ0) is 50.7. The predicted molar refractivity (Wildman–Crippen MR) is 306 cm³/mol. The number of allylic oxidation sites excluding steroid dienone is 2. The summed E-state index contributed by atoms with van der Waals surface area (Å²) in [4.78, 5) is 24.6. The van der Waals surface area contributed by atoms with Crippen molar-refractivity contribution in [2.75, 3.05) is 13.2 Å². The fourth-order valence-electron chi connectivity index (χ4n) is 10.2. The fourth-order valence-corrected chi connectivity index (χ4v) is 10.2. The number of esters is 1. The third-order valence-electron chi connectivity index (χ3n) is 15.1. The molecule has 6 heteroatoms. The van der Waals surface area contributed by atoms with Crippen LogP contribution in [0.15, 0.2) is 12.2 Å². The molecule has 0 spiro atoms. The van der Waals surface area contributed by atoms with Crippen molar-refractivity contribution in [3.8, 4) is 0 Å². The van der Waals surface area contributed by atoms with Gasteiger partial charge in [-0.15, -0.1) is 0 Å². The van der Waals surface area contributed by atoms with Crippen molar-refractivity contribution in [2.24, 2.45) is 0 Å². The van der Waals surface area contributed by atoms with Crippen molar-refractivity contribution < 1.29 is 24.5 Å². The van der Waals surface area contributed by atoms with E-state index in [1.807, 2.05) is 0 Å². The number of aliphatic hydroxyl groups excluding tert-OH is 2. The standard InChI is InChI=1S/C64H125NO5/c1-3-5-7-9-11-13-15-17-19-21-25-28-32-36-40-44-48-52-56-62(67)61(60-66)65-63(68)57-53-49-45-41-37-33-29-26-22-23-27-31-35-39-43-47-51-55-59-70-64(69)58-54-50-46-42-38-34-30-24-20-18-16-14-12-10-8-6-4-2/h18,20,61-62,66-67H,3-17,19,21-60H2,1-2H3,(H,65,68)/b20-18-. The van der Waals surface area contributed by atoms with E-state index in [9.17, 15) is 19.8 Å². The number of hydrogen-bond acceptors (Lipinski definition) is 5. The molecule has 0 saturated heterocycles. The Morgan fingerprint density at radius 1 is 0.386 bits per heavy atom. The molecule has 3 N–H and O–H groups in total. The van der Waals surface area contributed by atoms with Gasteiger partial charge in [-0.2, -0.15) is 0 Å². The van der Waals surface area contributed by atoms with E-state index in [0.717, 1.165) is 44.9 Å². The number of unbranched alkanes of at least 4 members (excludes halogenated alkanes) is 47. The van der Waals surface area contributed by atoms with Crippen molar-refractivity contribution in [1.29, 1.82) is 0 Å². The summed E-state index contributed by atoms with van der Waals surface area (Å²) in [6.45, 7) is 4.97. The second-order valence-corrected chi connectivity index (χ2v) is 22.1. The van der Waals surface area contributed by atoms with E-state index < -0.39 is 12.1 Å². The quantitative estimate of drug-likeness (QED) is 0.0321. The van der Waals surface area contributed by atoms with E-state index >= 15 is 0 Å². The molecule has 0 aromatic heterocycles. The summed E-state index contributed by atoms with van der Waals surface area (Å²) in [5.41, 5.74) is 0. The van der Waals surface area contributed by atoms with Crippen molar-refractivity contribution in [3.63, 3.8) is 0 Å². The third-order valence-corrected chi connectivity index (χ3v) is 15.1. The molecule has 1 amide bonds. The van der Waals surface area contributed by atoms with Crippen LogP contribution in [0, 0.1) is 0 Å². The van der Waals surface area contributed by atoms with Crippen LogP contribution in [0.4, 0.5) is 0 Å². The minimum Gasteiger partial charge on any atom is -0.466 e. The number of ether oxygens (including phenoxy) is 1. The molecule has 416 valence electrons. The van der Waals surface area contributed by atoms with Crippen molar-refractivity contribution in [1.82, 2.24) is 5.32 Å². The Morgan fingerprint density at radius 3 is 1.01 bits per heavy atom. The van der Waals surface area contributed by atoms with E-state index in [-0.39, 0.29) is 18.5 Å². The normalized spacial score (nSPS) is 12.6. The maximum Gasteiger partial charge on any atom is 0.305 e. The Bertz CT molecular complexity index is 1050. The summed E-state index contributed by atoms with van der Waals surface area (Å²) < 4.78 is 5.49. The van der Waals surface area contributed by atoms with Crippen LogP contribution in [0.3, 0.4) is 0 Å². The lowest BCUT2D eigenvalue weighted by atomic mass is 10.0. The molecule has 0 aliphatic rings. The maximum absolute atomic E-state index is 12.5. The van der Waals surface area contributed by atoms with Gasteiger partial charge in [-0.05, 0) is 51.4 Å². The van der Waals surface area contributed by atoms with E-state index in [0.29, 0.717) is 25.9 Å². The first-order valence-electron chi connectivity index (χ1n) is 31.9. The summed E-state index contributed by atoms with van der Waals surface area (Å²) in [6, 6.07) is -0.544. The largest absolute Gasteiger partial charge is 0.466 e. The molecule has 0 bridgehead atoms. The second-order valence-electron chi connectivity index (χ2n) is 22.1. The predicted octanol–water partition coefficient (Wildman–Crippen LogP) is 20.0. The van der Waals surface area contributed by atoms with Crippen LogP contribution in [0.5, 0.6) is 0 Å². The lowest BCUT2D eigenvalue weighted by Gasteiger charge is -2.22. The molecule has 0 saturated carbocycles. The number of carbonyl (C=O) groups is 2. The molecule has 2 unspecified atom stereocenters. The second kappa shape index (κ2) is 60.2. The third kappa shape index (κ3) is 55.9. The summed E-state index contributed by atoms with van der Waals surface area (Å²) >= 11 is 0. The SMILES string of the molecule is CCCCCCCC/C=C\CCCCCCCCCC(=O)OCCCCCCCCCCCCCCCCCCCCC(=O)NC(CO)C(O)CCCCCCCCCCCCCCCCCCCC. The monoisotopic (exact) mass is 988 g/mol. The maximum atomic E-state index is 12.5. The number of amides is 1. The lowest BCUT2D eigenvalue weighted by molar-refractivity contribution is -0.143. The molecule has 0 aromatic carbocycles. The van der Waals surface area contributed by atoms with Gasteiger partial charge in [0, 0.05) is 12.8 Å². The molecule has 0 aliphatic carbocycles. The first kappa shape index (κ1) is 68.6. The Hall–Kier alpha value is -1.40. The lowest BCUT2D eigenvalue weighted by Crippen LogP contribution is -2.45. The Morgan fingerprint density at radius 2 is 0.671 bits per heavy atom. The van der Waals surface area contributed by atoms with Crippen LogP contribution < -0.4 is 5.32 Å². The van der Waals surface area contributed by atoms with E-state index in [2.05, 4.69) is 31.3 Å².